The lowest BCUT2D eigenvalue weighted by Gasteiger charge is -2.38. The summed E-state index contributed by atoms with van der Waals surface area (Å²) in [6.45, 7) is 10.8. The van der Waals surface area contributed by atoms with Crippen LogP contribution in [0.2, 0.25) is 0 Å². The molecule has 36 heavy (non-hydrogen) atoms. The van der Waals surface area contributed by atoms with Crippen LogP contribution in [0.25, 0.3) is 16.7 Å². The average molecular weight is 510 g/mol. The molecule has 1 aromatic carbocycles. The first-order valence-corrected chi connectivity index (χ1v) is 14.4. The summed E-state index contributed by atoms with van der Waals surface area (Å²) in [6.07, 6.45) is 4.83. The number of aryl methyl sites for hydroxylation is 1. The summed E-state index contributed by atoms with van der Waals surface area (Å²) < 4.78 is 28.9. The molecule has 1 aliphatic rings. The third kappa shape index (κ3) is 4.58. The predicted octanol–water partition coefficient (Wildman–Crippen LogP) is 3.41. The molecule has 0 saturated carbocycles. The van der Waals surface area contributed by atoms with Gasteiger partial charge in [-0.2, -0.15) is 0 Å². The Bertz CT molecular complexity index is 1540. The van der Waals surface area contributed by atoms with Gasteiger partial charge >= 0.3 is 0 Å². The fourth-order valence-corrected chi connectivity index (χ4v) is 5.42. The second-order valence-corrected chi connectivity index (χ2v) is 13.1. The summed E-state index contributed by atoms with van der Waals surface area (Å²) in [5.41, 5.74) is 3.56. The minimum atomic E-state index is -2.73. The molecule has 3 aromatic heterocycles. The number of anilines is 2. The molecule has 1 amide bonds. The number of halogens is 1. The summed E-state index contributed by atoms with van der Waals surface area (Å²) >= 11 is 0. The van der Waals surface area contributed by atoms with Gasteiger partial charge in [0.25, 0.3) is 5.91 Å². The zero-order chi connectivity index (χ0) is 25.8. The first-order chi connectivity index (χ1) is 17.0. The van der Waals surface area contributed by atoms with Crippen molar-refractivity contribution in [3.63, 3.8) is 0 Å². The highest BCUT2D eigenvalue weighted by atomic mass is 31.2. The lowest BCUT2D eigenvalue weighted by atomic mass is 10.1. The molecule has 9 nitrogen and oxygen atoms in total. The molecule has 0 radical (unpaired) electrons. The third-order valence-corrected chi connectivity index (χ3v) is 7.56. The van der Waals surface area contributed by atoms with Crippen LogP contribution >= 0.6 is 7.14 Å². The molecule has 2 N–H and O–H groups in total. The lowest BCUT2D eigenvalue weighted by molar-refractivity contribution is 0.102. The van der Waals surface area contributed by atoms with Crippen LogP contribution < -0.4 is 21.0 Å². The Morgan fingerprint density at radius 1 is 1.14 bits per heavy atom. The van der Waals surface area contributed by atoms with Crippen molar-refractivity contribution in [2.75, 3.05) is 36.6 Å². The lowest BCUT2D eigenvalue weighted by Crippen LogP contribution is -2.54. The van der Waals surface area contributed by atoms with Gasteiger partial charge in [-0.1, -0.05) is 0 Å². The zero-order valence-corrected chi connectivity index (χ0v) is 21.8. The van der Waals surface area contributed by atoms with E-state index >= 15 is 0 Å². The number of nitrogens with one attached hydrogen (secondary N) is 2. The fraction of sp³-hybridized carbons (Fsp3) is 0.360. The van der Waals surface area contributed by atoms with E-state index in [1.165, 1.54) is 16.7 Å². The second kappa shape index (κ2) is 8.94. The highest BCUT2D eigenvalue weighted by molar-refractivity contribution is 7.69. The third-order valence-electron chi connectivity index (χ3n) is 6.24. The molecule has 1 saturated heterocycles. The highest BCUT2D eigenvalue weighted by Gasteiger charge is 2.26. The predicted molar refractivity (Wildman–Crippen MR) is 141 cm³/mol. The van der Waals surface area contributed by atoms with Crippen molar-refractivity contribution < 1.29 is 13.8 Å². The number of fused-ring (bicyclic) bond motifs is 2. The van der Waals surface area contributed by atoms with Gasteiger partial charge in [0.2, 0.25) is 0 Å². The van der Waals surface area contributed by atoms with Crippen LogP contribution in [0.3, 0.4) is 0 Å². The van der Waals surface area contributed by atoms with Gasteiger partial charge in [-0.25, -0.2) is 19.3 Å². The maximum atomic E-state index is 14.6. The Labute approximate surface area is 208 Å². The highest BCUT2D eigenvalue weighted by Crippen LogP contribution is 2.35. The van der Waals surface area contributed by atoms with Gasteiger partial charge in [0.05, 0.1) is 28.8 Å². The normalized spacial score (nSPS) is 18.7. The van der Waals surface area contributed by atoms with Gasteiger partial charge in [0, 0.05) is 43.6 Å². The number of benzene rings is 1. The van der Waals surface area contributed by atoms with Gasteiger partial charge in [0.1, 0.15) is 23.6 Å². The summed E-state index contributed by atoms with van der Waals surface area (Å²) in [7, 11) is -2.73. The minimum Gasteiger partial charge on any atom is -0.367 e. The van der Waals surface area contributed by atoms with Crippen LogP contribution in [-0.2, 0) is 4.57 Å². The first-order valence-electron chi connectivity index (χ1n) is 11.8. The number of piperazine rings is 1. The zero-order valence-electron chi connectivity index (χ0n) is 20.9. The molecule has 1 fully saturated rings. The Hall–Kier alpha value is -3.36. The van der Waals surface area contributed by atoms with E-state index in [9.17, 15) is 13.8 Å². The van der Waals surface area contributed by atoms with Gasteiger partial charge in [-0.15, -0.1) is 0 Å². The van der Waals surface area contributed by atoms with E-state index < -0.39 is 18.9 Å². The van der Waals surface area contributed by atoms with E-state index in [1.54, 1.807) is 38.7 Å². The second-order valence-electron chi connectivity index (χ2n) is 9.93. The quantitative estimate of drug-likeness (QED) is 0.406. The van der Waals surface area contributed by atoms with Gasteiger partial charge < -0.3 is 24.5 Å². The number of carbonyl (C=O) groups excluding carboxylic acids is 1. The summed E-state index contributed by atoms with van der Waals surface area (Å²) in [5.74, 6) is -0.999. The van der Waals surface area contributed by atoms with Gasteiger partial charge in [-0.3, -0.25) is 4.79 Å². The Morgan fingerprint density at radius 2 is 1.86 bits per heavy atom. The molecular formula is C25H29FN7O2P. The summed E-state index contributed by atoms with van der Waals surface area (Å²) in [6, 6.07) is 5.37. The van der Waals surface area contributed by atoms with Crippen LogP contribution in [-0.4, -0.2) is 63.8 Å². The number of hydrogen-bond acceptors (Lipinski definition) is 7. The molecule has 188 valence electrons. The Kier molecular flexibility index (Phi) is 6.04. The number of carbonyl (C=O) groups is 1. The largest absolute Gasteiger partial charge is 0.367 e. The molecular weight excluding hydrogens is 480 g/mol. The van der Waals surface area contributed by atoms with Crippen LogP contribution in [0.5, 0.6) is 0 Å². The smallest absolute Gasteiger partial charge is 0.257 e. The fourth-order valence-electron chi connectivity index (χ4n) is 4.74. The SMILES string of the molecule is Cc1cn2cc(NC(=O)c3ccc(N4C[C@@H](C)N[C@H](C)C4)c4ncc(P(C)(C)=O)nc34)cc(F)c2n1. The maximum Gasteiger partial charge on any atom is 0.257 e. The molecule has 1 aliphatic heterocycles. The molecule has 0 unspecified atom stereocenters. The number of aromatic nitrogens is 4. The van der Waals surface area contributed by atoms with Crippen molar-refractivity contribution in [3.05, 3.63) is 53.9 Å². The van der Waals surface area contributed by atoms with Crippen molar-refractivity contribution >= 4 is 46.5 Å². The molecule has 0 aliphatic carbocycles. The number of nitrogens with zero attached hydrogens (tertiary/aromatic N) is 5. The van der Waals surface area contributed by atoms with E-state index in [2.05, 4.69) is 44.3 Å². The number of hydrogen-bond donors (Lipinski definition) is 2. The number of rotatable bonds is 4. The first kappa shape index (κ1) is 24.3. The van der Waals surface area contributed by atoms with Crippen LogP contribution in [0.15, 0.2) is 36.8 Å². The minimum absolute atomic E-state index is 0.192. The monoisotopic (exact) mass is 509 g/mol. The Balaban J connectivity index is 1.59. The van der Waals surface area contributed by atoms with Crippen molar-refractivity contribution in [2.24, 2.45) is 0 Å². The van der Waals surface area contributed by atoms with E-state index in [0.29, 0.717) is 22.2 Å². The number of imidazole rings is 1. The average Bonchev–Trinajstić information content (AvgIpc) is 3.17. The number of amides is 1. The molecule has 0 bridgehead atoms. The number of pyridine rings is 1. The van der Waals surface area contributed by atoms with Crippen LogP contribution in [0, 0.1) is 12.7 Å². The van der Waals surface area contributed by atoms with Crippen molar-refractivity contribution in [1.82, 2.24) is 24.7 Å². The molecule has 11 heteroatoms. The van der Waals surface area contributed by atoms with Crippen molar-refractivity contribution in [1.29, 1.82) is 0 Å². The van der Waals surface area contributed by atoms with Gasteiger partial charge in [0.15, 0.2) is 11.5 Å². The van der Waals surface area contributed by atoms with E-state index in [0.717, 1.165) is 18.8 Å². The van der Waals surface area contributed by atoms with Gasteiger partial charge in [-0.05, 0) is 46.2 Å². The van der Waals surface area contributed by atoms with E-state index in [1.807, 2.05) is 6.07 Å². The summed E-state index contributed by atoms with van der Waals surface area (Å²) in [4.78, 5) is 29.1. The molecule has 2 atom stereocenters. The topological polar surface area (TPSA) is 105 Å². The van der Waals surface area contributed by atoms with E-state index in [4.69, 9.17) is 0 Å². The summed E-state index contributed by atoms with van der Waals surface area (Å²) in [5, 5.41) is 6.29. The molecule has 4 heterocycles. The van der Waals surface area contributed by atoms with Crippen molar-refractivity contribution in [3.8, 4) is 0 Å². The molecule has 0 spiro atoms. The van der Waals surface area contributed by atoms with Crippen molar-refractivity contribution in [2.45, 2.75) is 32.9 Å². The van der Waals surface area contributed by atoms with E-state index in [-0.39, 0.29) is 29.0 Å². The van der Waals surface area contributed by atoms with Crippen LogP contribution in [0.4, 0.5) is 15.8 Å². The standard InChI is InChI=1S/C25H29FN7O2P/c1-14-10-32(11-15(2)28-14)20-7-6-18(22-23(20)27-9-21(31-22)36(4,5)35)25(34)30-17-8-19(26)24-29-16(3)12-33(24)13-17/h6-9,12-15,28H,10-11H2,1-5H3,(H,30,34)/t14-,15-/m1/s1. The van der Waals surface area contributed by atoms with Crippen LogP contribution in [0.1, 0.15) is 29.9 Å². The Morgan fingerprint density at radius 3 is 2.56 bits per heavy atom. The molecule has 5 rings (SSSR count). The maximum absolute atomic E-state index is 14.6. The molecule has 4 aromatic rings.